The first-order valence-electron chi connectivity index (χ1n) is 8.61. The number of carboxylic acids is 1. The molecule has 1 aromatic rings. The number of benzene rings is 1. The maximum absolute atomic E-state index is 12.4. The van der Waals surface area contributed by atoms with E-state index in [1.807, 2.05) is 0 Å². The number of rotatable bonds is 4. The van der Waals surface area contributed by atoms with Gasteiger partial charge in [-0.3, -0.25) is 9.59 Å². The highest BCUT2D eigenvalue weighted by atomic mass is 16.5. The standard InChI is InChI=1S/C18H22N2O5/c21-15(20-18(17(23)24)9-5-1-2-6-10-18)11-14-16(22)19-12-7-3-4-8-13(12)25-14/h3-4,7-8,14H,1-2,5-6,9-11H2,(H,19,22)(H,20,21)(H,23,24). The molecule has 1 saturated carbocycles. The van der Waals surface area contributed by atoms with Gasteiger partial charge in [-0.2, -0.15) is 0 Å². The van der Waals surface area contributed by atoms with E-state index in [-0.39, 0.29) is 6.42 Å². The first-order chi connectivity index (χ1) is 12.0. The number of ether oxygens (including phenoxy) is 1. The van der Waals surface area contributed by atoms with Crippen LogP contribution in [-0.4, -0.2) is 34.5 Å². The zero-order chi connectivity index (χ0) is 17.9. The molecule has 7 nitrogen and oxygen atoms in total. The maximum atomic E-state index is 12.4. The number of carbonyl (C=O) groups is 3. The lowest BCUT2D eigenvalue weighted by Crippen LogP contribution is -2.55. The molecule has 7 heteroatoms. The van der Waals surface area contributed by atoms with E-state index in [2.05, 4.69) is 10.6 Å². The number of nitrogens with one attached hydrogen (secondary N) is 2. The van der Waals surface area contributed by atoms with E-state index in [0.717, 1.165) is 25.7 Å². The second-order valence-corrected chi connectivity index (χ2v) is 6.65. The third-order valence-electron chi connectivity index (χ3n) is 4.82. The average molecular weight is 346 g/mol. The Labute approximate surface area is 145 Å². The predicted octanol–water partition coefficient (Wildman–Crippen LogP) is 2.07. The van der Waals surface area contributed by atoms with Crippen LogP contribution in [0, 0.1) is 0 Å². The van der Waals surface area contributed by atoms with Crippen molar-refractivity contribution in [3.63, 3.8) is 0 Å². The Morgan fingerprint density at radius 2 is 1.88 bits per heavy atom. The first kappa shape index (κ1) is 17.3. The molecule has 0 radical (unpaired) electrons. The molecule has 0 saturated heterocycles. The van der Waals surface area contributed by atoms with Crippen LogP contribution in [0.3, 0.4) is 0 Å². The van der Waals surface area contributed by atoms with Gasteiger partial charge in [0.2, 0.25) is 5.91 Å². The third kappa shape index (κ3) is 3.75. The monoisotopic (exact) mass is 346 g/mol. The normalized spacial score (nSPS) is 21.9. The van der Waals surface area contributed by atoms with Crippen molar-refractivity contribution in [3.05, 3.63) is 24.3 Å². The largest absolute Gasteiger partial charge is 0.480 e. The van der Waals surface area contributed by atoms with Crippen molar-refractivity contribution < 1.29 is 24.2 Å². The molecule has 1 aliphatic carbocycles. The molecule has 25 heavy (non-hydrogen) atoms. The van der Waals surface area contributed by atoms with Gasteiger partial charge in [-0.1, -0.05) is 37.8 Å². The van der Waals surface area contributed by atoms with E-state index in [9.17, 15) is 19.5 Å². The molecular formula is C18H22N2O5. The van der Waals surface area contributed by atoms with Crippen molar-refractivity contribution in [2.24, 2.45) is 0 Å². The van der Waals surface area contributed by atoms with Crippen LogP contribution >= 0.6 is 0 Å². The zero-order valence-electron chi connectivity index (χ0n) is 13.9. The number of anilines is 1. The molecule has 0 bridgehead atoms. The SMILES string of the molecule is O=C(CC1Oc2ccccc2NC1=O)NC1(C(=O)O)CCCCCC1. The third-order valence-corrected chi connectivity index (χ3v) is 4.82. The lowest BCUT2D eigenvalue weighted by molar-refractivity contribution is -0.148. The molecule has 3 N–H and O–H groups in total. The summed E-state index contributed by atoms with van der Waals surface area (Å²) in [4.78, 5) is 36.3. The molecule has 3 rings (SSSR count). The second kappa shape index (κ2) is 7.13. The molecule has 2 aliphatic rings. The van der Waals surface area contributed by atoms with E-state index in [4.69, 9.17) is 4.74 Å². The van der Waals surface area contributed by atoms with Gasteiger partial charge in [0, 0.05) is 0 Å². The molecule has 0 aromatic heterocycles. The van der Waals surface area contributed by atoms with Gasteiger partial charge >= 0.3 is 5.97 Å². The number of amides is 2. The minimum atomic E-state index is -1.24. The van der Waals surface area contributed by atoms with Gasteiger partial charge < -0.3 is 20.5 Å². The summed E-state index contributed by atoms with van der Waals surface area (Å²) in [5, 5.41) is 15.0. The van der Waals surface area contributed by atoms with Gasteiger partial charge in [-0.05, 0) is 25.0 Å². The zero-order valence-corrected chi connectivity index (χ0v) is 13.9. The molecule has 0 spiro atoms. The van der Waals surface area contributed by atoms with Gasteiger partial charge in [-0.15, -0.1) is 0 Å². The second-order valence-electron chi connectivity index (χ2n) is 6.65. The van der Waals surface area contributed by atoms with E-state index >= 15 is 0 Å². The van der Waals surface area contributed by atoms with Crippen LogP contribution in [0.5, 0.6) is 5.75 Å². The summed E-state index contributed by atoms with van der Waals surface area (Å²) in [7, 11) is 0. The molecule has 1 fully saturated rings. The van der Waals surface area contributed by atoms with E-state index in [1.165, 1.54) is 0 Å². The highest BCUT2D eigenvalue weighted by molar-refractivity contribution is 6.00. The summed E-state index contributed by atoms with van der Waals surface area (Å²) >= 11 is 0. The minimum Gasteiger partial charge on any atom is -0.480 e. The van der Waals surface area contributed by atoms with Crippen LogP contribution in [0.4, 0.5) is 5.69 Å². The summed E-state index contributed by atoms with van der Waals surface area (Å²) in [5.41, 5.74) is -0.675. The Balaban J connectivity index is 1.67. The number of carboxylic acid groups (broad SMARTS) is 1. The van der Waals surface area contributed by atoms with Gasteiger partial charge in [0.1, 0.15) is 11.3 Å². The Bertz CT molecular complexity index is 680. The number of carbonyl (C=O) groups excluding carboxylic acids is 2. The van der Waals surface area contributed by atoms with E-state index < -0.39 is 29.4 Å². The van der Waals surface area contributed by atoms with Gasteiger partial charge in [0.05, 0.1) is 12.1 Å². The van der Waals surface area contributed by atoms with Gasteiger partial charge in [0.15, 0.2) is 6.10 Å². The van der Waals surface area contributed by atoms with E-state index in [1.54, 1.807) is 24.3 Å². The smallest absolute Gasteiger partial charge is 0.329 e. The van der Waals surface area contributed by atoms with Crippen molar-refractivity contribution in [3.8, 4) is 5.75 Å². The summed E-state index contributed by atoms with van der Waals surface area (Å²) in [5.74, 6) is -1.40. The summed E-state index contributed by atoms with van der Waals surface area (Å²) in [6.45, 7) is 0. The van der Waals surface area contributed by atoms with Crippen LogP contribution in [0.2, 0.25) is 0 Å². The fourth-order valence-corrected chi connectivity index (χ4v) is 3.44. The molecule has 134 valence electrons. The number of aliphatic carboxylic acids is 1. The van der Waals surface area contributed by atoms with Crippen LogP contribution in [0.25, 0.3) is 0 Å². The Morgan fingerprint density at radius 1 is 1.20 bits per heavy atom. The maximum Gasteiger partial charge on any atom is 0.329 e. The van der Waals surface area contributed by atoms with E-state index in [0.29, 0.717) is 24.3 Å². The summed E-state index contributed by atoms with van der Waals surface area (Å²) in [6, 6.07) is 6.98. The van der Waals surface area contributed by atoms with Crippen molar-refractivity contribution in [2.45, 2.75) is 56.6 Å². The molecule has 1 aromatic carbocycles. The van der Waals surface area contributed by atoms with Crippen LogP contribution < -0.4 is 15.4 Å². The molecule has 2 amide bonds. The number of hydrogen-bond donors (Lipinski definition) is 3. The van der Waals surface area contributed by atoms with Crippen LogP contribution in [-0.2, 0) is 14.4 Å². The fourth-order valence-electron chi connectivity index (χ4n) is 3.44. The Kier molecular flexibility index (Phi) is 4.92. The molecule has 1 aliphatic heterocycles. The number of fused-ring (bicyclic) bond motifs is 1. The van der Waals surface area contributed by atoms with Crippen LogP contribution in [0.15, 0.2) is 24.3 Å². The van der Waals surface area contributed by atoms with Crippen molar-refractivity contribution in [2.75, 3.05) is 5.32 Å². The quantitative estimate of drug-likeness (QED) is 0.724. The molecule has 1 heterocycles. The van der Waals surface area contributed by atoms with Gasteiger partial charge in [0.25, 0.3) is 5.91 Å². The highest BCUT2D eigenvalue weighted by Gasteiger charge is 2.41. The molecule has 1 atom stereocenters. The Morgan fingerprint density at radius 3 is 2.56 bits per heavy atom. The van der Waals surface area contributed by atoms with Gasteiger partial charge in [-0.25, -0.2) is 4.79 Å². The first-order valence-corrected chi connectivity index (χ1v) is 8.61. The summed E-state index contributed by atoms with van der Waals surface area (Å²) < 4.78 is 5.60. The minimum absolute atomic E-state index is 0.213. The topological polar surface area (TPSA) is 105 Å². The lowest BCUT2D eigenvalue weighted by Gasteiger charge is -2.31. The highest BCUT2D eigenvalue weighted by Crippen LogP contribution is 2.30. The van der Waals surface area contributed by atoms with Crippen molar-refractivity contribution in [1.29, 1.82) is 0 Å². The predicted molar refractivity (Wildman–Crippen MR) is 90.3 cm³/mol. The number of para-hydroxylation sites is 2. The van der Waals surface area contributed by atoms with Crippen LogP contribution in [0.1, 0.15) is 44.9 Å². The van der Waals surface area contributed by atoms with Crippen molar-refractivity contribution in [1.82, 2.24) is 5.32 Å². The fraction of sp³-hybridized carbons (Fsp3) is 0.500. The number of hydrogen-bond acceptors (Lipinski definition) is 4. The Hall–Kier alpha value is -2.57. The molecular weight excluding hydrogens is 324 g/mol. The summed E-state index contributed by atoms with van der Waals surface area (Å²) in [6.07, 6.45) is 3.11. The lowest BCUT2D eigenvalue weighted by atomic mass is 9.90. The average Bonchev–Trinajstić information content (AvgIpc) is 2.82. The molecule has 1 unspecified atom stereocenters. The van der Waals surface area contributed by atoms with Crippen molar-refractivity contribution >= 4 is 23.5 Å².